The summed E-state index contributed by atoms with van der Waals surface area (Å²) in [7, 11) is 0. The lowest BCUT2D eigenvalue weighted by Crippen LogP contribution is -2.52. The minimum atomic E-state index is -0.873. The number of benzene rings is 3. The molecular weight excluding hydrogens is 360 g/mol. The van der Waals surface area contributed by atoms with Crippen molar-refractivity contribution in [3.63, 3.8) is 0 Å². The van der Waals surface area contributed by atoms with Gasteiger partial charge in [-0.15, -0.1) is 0 Å². The van der Waals surface area contributed by atoms with Crippen LogP contribution in [0.1, 0.15) is 35.1 Å². The van der Waals surface area contributed by atoms with Gasteiger partial charge in [0.25, 0.3) is 0 Å². The summed E-state index contributed by atoms with van der Waals surface area (Å²) in [6, 6.07) is 27.6. The van der Waals surface area contributed by atoms with E-state index in [1.54, 1.807) is 0 Å². The SMILES string of the molecule is Cc1ccc(C(N[C@H](CCCN)C(=O)O)(c2ccccc2)c2ccccc2)cc1. The number of aliphatic carboxylic acids is 1. The maximum atomic E-state index is 12.1. The van der Waals surface area contributed by atoms with E-state index in [0.29, 0.717) is 19.4 Å². The van der Waals surface area contributed by atoms with Crippen molar-refractivity contribution in [2.75, 3.05) is 6.54 Å². The normalized spacial score (nSPS) is 12.5. The molecule has 0 fully saturated rings. The Morgan fingerprint density at radius 2 is 1.38 bits per heavy atom. The van der Waals surface area contributed by atoms with Crippen LogP contribution in [0.3, 0.4) is 0 Å². The summed E-state index contributed by atoms with van der Waals surface area (Å²) in [5.74, 6) is -0.873. The molecule has 3 aromatic rings. The molecule has 1 atom stereocenters. The lowest BCUT2D eigenvalue weighted by molar-refractivity contribution is -0.140. The van der Waals surface area contributed by atoms with Gasteiger partial charge in [-0.3, -0.25) is 10.1 Å². The number of carboxylic acid groups (broad SMARTS) is 1. The van der Waals surface area contributed by atoms with Gasteiger partial charge < -0.3 is 10.8 Å². The molecule has 4 N–H and O–H groups in total. The van der Waals surface area contributed by atoms with Crippen LogP contribution in [0.15, 0.2) is 84.9 Å². The van der Waals surface area contributed by atoms with Crippen molar-refractivity contribution in [3.8, 4) is 0 Å². The Labute approximate surface area is 172 Å². The fourth-order valence-corrected chi connectivity index (χ4v) is 3.77. The smallest absolute Gasteiger partial charge is 0.320 e. The second kappa shape index (κ2) is 9.50. The molecule has 29 heavy (non-hydrogen) atoms. The Hall–Kier alpha value is -2.95. The average Bonchev–Trinajstić information content (AvgIpc) is 2.76. The molecule has 0 heterocycles. The lowest BCUT2D eigenvalue weighted by Gasteiger charge is -2.39. The lowest BCUT2D eigenvalue weighted by atomic mass is 9.76. The van der Waals surface area contributed by atoms with Crippen LogP contribution in [0, 0.1) is 6.92 Å². The molecule has 3 rings (SSSR count). The van der Waals surface area contributed by atoms with Crippen LogP contribution >= 0.6 is 0 Å². The van der Waals surface area contributed by atoms with Gasteiger partial charge >= 0.3 is 5.97 Å². The van der Waals surface area contributed by atoms with E-state index in [9.17, 15) is 9.90 Å². The topological polar surface area (TPSA) is 75.3 Å². The van der Waals surface area contributed by atoms with Crippen LogP contribution in [0.25, 0.3) is 0 Å². The van der Waals surface area contributed by atoms with Crippen LogP contribution < -0.4 is 11.1 Å². The summed E-state index contributed by atoms with van der Waals surface area (Å²) < 4.78 is 0. The largest absolute Gasteiger partial charge is 0.480 e. The molecule has 0 aliphatic carbocycles. The molecule has 0 saturated heterocycles. The molecule has 0 spiro atoms. The van der Waals surface area contributed by atoms with Gasteiger partial charge in [-0.1, -0.05) is 90.5 Å². The maximum Gasteiger partial charge on any atom is 0.320 e. The first-order chi connectivity index (χ1) is 14.1. The first kappa shape index (κ1) is 20.8. The highest BCUT2D eigenvalue weighted by atomic mass is 16.4. The molecule has 0 unspecified atom stereocenters. The van der Waals surface area contributed by atoms with Gasteiger partial charge in [-0.2, -0.15) is 0 Å². The summed E-state index contributed by atoms with van der Waals surface area (Å²) in [6.07, 6.45) is 1.09. The second-order valence-electron chi connectivity index (χ2n) is 7.31. The summed E-state index contributed by atoms with van der Waals surface area (Å²) in [6.45, 7) is 2.50. The predicted octanol–water partition coefficient (Wildman–Crippen LogP) is 4.07. The molecule has 0 saturated carbocycles. The summed E-state index contributed by atoms with van der Waals surface area (Å²) in [5, 5.41) is 13.5. The number of carboxylic acids is 1. The van der Waals surface area contributed by atoms with Gasteiger partial charge in [0.1, 0.15) is 6.04 Å². The first-order valence-electron chi connectivity index (χ1n) is 9.96. The molecule has 0 aliphatic heterocycles. The number of rotatable bonds is 9. The van der Waals surface area contributed by atoms with Crippen molar-refractivity contribution in [1.29, 1.82) is 0 Å². The monoisotopic (exact) mass is 388 g/mol. The third-order valence-corrected chi connectivity index (χ3v) is 5.28. The molecule has 4 heteroatoms. The molecule has 3 aromatic carbocycles. The molecule has 0 amide bonds. The third-order valence-electron chi connectivity index (χ3n) is 5.28. The third kappa shape index (κ3) is 4.56. The number of hydrogen-bond donors (Lipinski definition) is 3. The molecular formula is C25H28N2O2. The van der Waals surface area contributed by atoms with Gasteiger partial charge in [0, 0.05) is 0 Å². The van der Waals surface area contributed by atoms with Crippen LogP contribution in [0.4, 0.5) is 0 Å². The Bertz CT molecular complexity index is 869. The van der Waals surface area contributed by atoms with Gasteiger partial charge in [-0.25, -0.2) is 0 Å². The Morgan fingerprint density at radius 3 is 1.83 bits per heavy atom. The fourth-order valence-electron chi connectivity index (χ4n) is 3.77. The number of aryl methyl sites for hydroxylation is 1. The van der Waals surface area contributed by atoms with Gasteiger partial charge in [0.05, 0.1) is 5.54 Å². The summed E-state index contributed by atoms with van der Waals surface area (Å²) >= 11 is 0. The van der Waals surface area contributed by atoms with Gasteiger partial charge in [0.2, 0.25) is 0 Å². The zero-order valence-electron chi connectivity index (χ0n) is 16.7. The fraction of sp³-hybridized carbons (Fsp3) is 0.240. The molecule has 150 valence electrons. The molecule has 0 radical (unpaired) electrons. The van der Waals surface area contributed by atoms with E-state index in [0.717, 1.165) is 22.3 Å². The highest BCUT2D eigenvalue weighted by Gasteiger charge is 2.39. The second-order valence-corrected chi connectivity index (χ2v) is 7.31. The first-order valence-corrected chi connectivity index (χ1v) is 9.96. The number of nitrogens with one attached hydrogen (secondary N) is 1. The quantitative estimate of drug-likeness (QED) is 0.483. The van der Waals surface area contributed by atoms with E-state index in [2.05, 4.69) is 29.6 Å². The zero-order chi connectivity index (χ0) is 20.7. The van der Waals surface area contributed by atoms with Crippen LogP contribution in [-0.4, -0.2) is 23.7 Å². The average molecular weight is 389 g/mol. The number of hydrogen-bond acceptors (Lipinski definition) is 3. The van der Waals surface area contributed by atoms with E-state index < -0.39 is 17.6 Å². The van der Waals surface area contributed by atoms with Crippen LogP contribution in [0.5, 0.6) is 0 Å². The Morgan fingerprint density at radius 1 is 0.897 bits per heavy atom. The van der Waals surface area contributed by atoms with Gasteiger partial charge in [-0.05, 0) is 43.0 Å². The maximum absolute atomic E-state index is 12.1. The Balaban J connectivity index is 2.24. The zero-order valence-corrected chi connectivity index (χ0v) is 16.7. The van der Waals surface area contributed by atoms with E-state index in [1.165, 1.54) is 0 Å². The standard InChI is InChI=1S/C25H28N2O2/c1-19-14-16-22(17-15-19)25(20-9-4-2-5-10-20,21-11-6-3-7-12-21)27-23(24(28)29)13-8-18-26/h2-7,9-12,14-17,23,27H,8,13,18,26H2,1H3,(H,28,29)/t23-/m1/s1. The highest BCUT2D eigenvalue weighted by molar-refractivity contribution is 5.74. The molecule has 4 nitrogen and oxygen atoms in total. The summed E-state index contributed by atoms with van der Waals surface area (Å²) in [5.41, 5.74) is 9.02. The number of carbonyl (C=O) groups is 1. The van der Waals surface area contributed by atoms with Crippen molar-refractivity contribution in [2.45, 2.75) is 31.3 Å². The summed E-state index contributed by atoms with van der Waals surface area (Å²) in [4.78, 5) is 12.1. The van der Waals surface area contributed by atoms with Crippen LogP contribution in [-0.2, 0) is 10.3 Å². The van der Waals surface area contributed by atoms with E-state index in [-0.39, 0.29) is 0 Å². The van der Waals surface area contributed by atoms with Crippen molar-refractivity contribution >= 4 is 5.97 Å². The van der Waals surface area contributed by atoms with Crippen molar-refractivity contribution in [1.82, 2.24) is 5.32 Å². The van der Waals surface area contributed by atoms with E-state index >= 15 is 0 Å². The van der Waals surface area contributed by atoms with Gasteiger partial charge in [0.15, 0.2) is 0 Å². The van der Waals surface area contributed by atoms with Crippen molar-refractivity contribution in [2.24, 2.45) is 5.73 Å². The van der Waals surface area contributed by atoms with Crippen LogP contribution in [0.2, 0.25) is 0 Å². The Kier molecular flexibility index (Phi) is 6.81. The minimum Gasteiger partial charge on any atom is -0.480 e. The molecule has 0 aliphatic rings. The van der Waals surface area contributed by atoms with E-state index in [1.807, 2.05) is 67.6 Å². The van der Waals surface area contributed by atoms with Crippen molar-refractivity contribution < 1.29 is 9.90 Å². The minimum absolute atomic E-state index is 0.457. The van der Waals surface area contributed by atoms with Crippen molar-refractivity contribution in [3.05, 3.63) is 107 Å². The predicted molar refractivity (Wildman–Crippen MR) is 117 cm³/mol. The highest BCUT2D eigenvalue weighted by Crippen LogP contribution is 2.37. The molecule has 0 bridgehead atoms. The number of nitrogens with two attached hydrogens (primary N) is 1. The molecule has 0 aromatic heterocycles. The van der Waals surface area contributed by atoms with E-state index in [4.69, 9.17) is 5.73 Å².